The number of imide groups is 1. The van der Waals surface area contributed by atoms with Crippen molar-refractivity contribution in [3.63, 3.8) is 0 Å². The summed E-state index contributed by atoms with van der Waals surface area (Å²) in [6.07, 6.45) is -1.41. The van der Waals surface area contributed by atoms with Crippen LogP contribution in [0.4, 0.5) is 14.9 Å². The molecule has 146 valence electrons. The highest BCUT2D eigenvalue weighted by Gasteiger charge is 2.44. The first-order chi connectivity index (χ1) is 12.5. The lowest BCUT2D eigenvalue weighted by atomic mass is 10.1. The Bertz CT molecular complexity index is 799. The monoisotopic (exact) mass is 399 g/mol. The van der Waals surface area contributed by atoms with Crippen LogP contribution < -0.4 is 10.6 Å². The number of carbonyl (C=O) groups is 4. The number of hydrogen-bond acceptors (Lipinski definition) is 5. The van der Waals surface area contributed by atoms with Crippen LogP contribution in [0.1, 0.15) is 27.2 Å². The third-order valence-corrected chi connectivity index (χ3v) is 4.16. The Morgan fingerprint density at radius 1 is 1.37 bits per heavy atom. The van der Waals surface area contributed by atoms with Gasteiger partial charge in [0.1, 0.15) is 11.4 Å². The number of anilines is 1. The van der Waals surface area contributed by atoms with Crippen molar-refractivity contribution in [2.24, 2.45) is 0 Å². The fourth-order valence-electron chi connectivity index (χ4n) is 2.36. The van der Waals surface area contributed by atoms with Gasteiger partial charge in [-0.2, -0.15) is 0 Å². The molecular formula is C17H19ClFN3O5. The van der Waals surface area contributed by atoms with Crippen LogP contribution in [0.15, 0.2) is 18.2 Å². The Balaban J connectivity index is 1.85. The summed E-state index contributed by atoms with van der Waals surface area (Å²) in [7, 11) is 0. The summed E-state index contributed by atoms with van der Waals surface area (Å²) in [5, 5.41) is 4.92. The van der Waals surface area contributed by atoms with E-state index in [1.165, 1.54) is 13.0 Å². The Hall–Kier alpha value is -2.68. The van der Waals surface area contributed by atoms with E-state index in [1.807, 2.05) is 0 Å². The van der Waals surface area contributed by atoms with E-state index in [0.29, 0.717) is 0 Å². The lowest BCUT2D eigenvalue weighted by Gasteiger charge is -2.17. The summed E-state index contributed by atoms with van der Waals surface area (Å²) >= 11 is 5.82. The topological polar surface area (TPSA) is 105 Å². The van der Waals surface area contributed by atoms with Crippen LogP contribution in [0.3, 0.4) is 0 Å². The maximum absolute atomic E-state index is 13.0. The van der Waals surface area contributed by atoms with Gasteiger partial charge in [-0.05, 0) is 39.0 Å². The molecule has 0 unspecified atom stereocenters. The first kappa shape index (κ1) is 20.6. The molecule has 1 atom stereocenters. The highest BCUT2D eigenvalue weighted by atomic mass is 35.5. The molecule has 2 rings (SSSR count). The second kappa shape index (κ2) is 7.91. The Labute approximate surface area is 160 Å². The van der Waals surface area contributed by atoms with Gasteiger partial charge in [0, 0.05) is 6.54 Å². The van der Waals surface area contributed by atoms with Crippen molar-refractivity contribution < 1.29 is 28.3 Å². The number of nitrogens with zero attached hydrogens (tertiary/aromatic N) is 1. The average Bonchev–Trinajstić information content (AvgIpc) is 2.75. The molecular weight excluding hydrogens is 381 g/mol. The molecule has 1 aromatic rings. The average molecular weight is 400 g/mol. The van der Waals surface area contributed by atoms with Crippen LogP contribution >= 0.6 is 11.6 Å². The third kappa shape index (κ3) is 4.94. The van der Waals surface area contributed by atoms with E-state index in [1.54, 1.807) is 13.8 Å². The van der Waals surface area contributed by atoms with Crippen molar-refractivity contribution in [1.82, 2.24) is 10.2 Å². The highest BCUT2D eigenvalue weighted by molar-refractivity contribution is 6.33. The van der Waals surface area contributed by atoms with Crippen molar-refractivity contribution in [3.8, 4) is 0 Å². The van der Waals surface area contributed by atoms with Gasteiger partial charge in [-0.3, -0.25) is 19.3 Å². The lowest BCUT2D eigenvalue weighted by molar-refractivity contribution is -0.153. The minimum Gasteiger partial charge on any atom is -0.452 e. The number of amides is 4. The van der Waals surface area contributed by atoms with E-state index in [2.05, 4.69) is 10.6 Å². The van der Waals surface area contributed by atoms with Crippen LogP contribution in [-0.2, 0) is 19.1 Å². The van der Waals surface area contributed by atoms with Crippen molar-refractivity contribution in [3.05, 3.63) is 29.0 Å². The zero-order valence-corrected chi connectivity index (χ0v) is 15.7. The molecule has 1 heterocycles. The number of hydrogen-bond donors (Lipinski definition) is 2. The van der Waals surface area contributed by atoms with Gasteiger partial charge in [-0.15, -0.1) is 0 Å². The summed E-state index contributed by atoms with van der Waals surface area (Å²) in [6, 6.07) is 2.85. The molecule has 2 N–H and O–H groups in total. The van der Waals surface area contributed by atoms with E-state index in [4.69, 9.17) is 16.3 Å². The molecule has 0 radical (unpaired) electrons. The largest absolute Gasteiger partial charge is 0.452 e. The maximum atomic E-state index is 13.0. The fourth-order valence-corrected chi connectivity index (χ4v) is 2.57. The minimum atomic E-state index is -1.15. The summed E-state index contributed by atoms with van der Waals surface area (Å²) in [5.74, 6) is -2.42. The summed E-state index contributed by atoms with van der Waals surface area (Å²) in [4.78, 5) is 48.7. The number of urea groups is 1. The summed E-state index contributed by atoms with van der Waals surface area (Å²) in [6.45, 7) is 4.30. The van der Waals surface area contributed by atoms with Crippen molar-refractivity contribution >= 4 is 41.1 Å². The van der Waals surface area contributed by atoms with Gasteiger partial charge >= 0.3 is 12.0 Å². The molecule has 0 aromatic heterocycles. The molecule has 0 saturated carbocycles. The van der Waals surface area contributed by atoms with Crippen molar-refractivity contribution in [2.75, 3.05) is 11.9 Å². The van der Waals surface area contributed by atoms with Crippen LogP contribution in [0.5, 0.6) is 0 Å². The van der Waals surface area contributed by atoms with Gasteiger partial charge in [0.15, 0.2) is 6.10 Å². The van der Waals surface area contributed by atoms with E-state index in [-0.39, 0.29) is 23.7 Å². The molecule has 0 aliphatic carbocycles. The first-order valence-corrected chi connectivity index (χ1v) is 8.48. The SMILES string of the molecule is C[C@@H](OC(=O)CCN1C(=O)NC(C)(C)C1=O)C(=O)Nc1ccc(F)cc1Cl. The number of nitrogens with one attached hydrogen (secondary N) is 2. The quantitative estimate of drug-likeness (QED) is 0.562. The summed E-state index contributed by atoms with van der Waals surface area (Å²) < 4.78 is 18.0. The Morgan fingerprint density at radius 3 is 2.59 bits per heavy atom. The van der Waals surface area contributed by atoms with Crippen LogP contribution in [-0.4, -0.2) is 46.9 Å². The van der Waals surface area contributed by atoms with Crippen LogP contribution in [0.2, 0.25) is 5.02 Å². The molecule has 1 aliphatic heterocycles. The van der Waals surface area contributed by atoms with Gasteiger partial charge in [-0.1, -0.05) is 11.6 Å². The molecule has 0 spiro atoms. The van der Waals surface area contributed by atoms with E-state index >= 15 is 0 Å². The second-order valence-electron chi connectivity index (χ2n) is 6.51. The highest BCUT2D eigenvalue weighted by Crippen LogP contribution is 2.22. The molecule has 27 heavy (non-hydrogen) atoms. The molecule has 10 heteroatoms. The van der Waals surface area contributed by atoms with E-state index < -0.39 is 41.3 Å². The number of esters is 1. The Morgan fingerprint density at radius 2 is 2.04 bits per heavy atom. The maximum Gasteiger partial charge on any atom is 0.325 e. The van der Waals surface area contributed by atoms with Gasteiger partial charge in [-0.25, -0.2) is 9.18 Å². The lowest BCUT2D eigenvalue weighted by Crippen LogP contribution is -2.40. The molecule has 8 nitrogen and oxygen atoms in total. The zero-order valence-electron chi connectivity index (χ0n) is 15.0. The zero-order chi connectivity index (χ0) is 20.4. The molecule has 0 bridgehead atoms. The van der Waals surface area contributed by atoms with Gasteiger partial charge < -0.3 is 15.4 Å². The third-order valence-electron chi connectivity index (χ3n) is 3.85. The Kier molecular flexibility index (Phi) is 6.04. The van der Waals surface area contributed by atoms with Gasteiger partial charge in [0.05, 0.1) is 17.1 Å². The molecule has 1 aliphatic rings. The van der Waals surface area contributed by atoms with Gasteiger partial charge in [0.2, 0.25) is 0 Å². The normalized spacial score (nSPS) is 16.7. The number of ether oxygens (including phenoxy) is 1. The molecule has 1 saturated heterocycles. The summed E-state index contributed by atoms with van der Waals surface area (Å²) in [5.41, 5.74) is -0.852. The van der Waals surface area contributed by atoms with E-state index in [0.717, 1.165) is 17.0 Å². The number of carbonyl (C=O) groups excluding carboxylic acids is 4. The molecule has 1 aromatic carbocycles. The van der Waals surface area contributed by atoms with Gasteiger partial charge in [0.25, 0.3) is 11.8 Å². The smallest absolute Gasteiger partial charge is 0.325 e. The fraction of sp³-hybridized carbons (Fsp3) is 0.412. The second-order valence-corrected chi connectivity index (χ2v) is 6.91. The first-order valence-electron chi connectivity index (χ1n) is 8.11. The minimum absolute atomic E-state index is 0.00282. The predicted octanol–water partition coefficient (Wildman–Crippen LogP) is 2.07. The number of benzene rings is 1. The molecule has 4 amide bonds. The number of halogens is 2. The number of rotatable bonds is 6. The van der Waals surface area contributed by atoms with Crippen LogP contribution in [0, 0.1) is 5.82 Å². The van der Waals surface area contributed by atoms with Crippen LogP contribution in [0.25, 0.3) is 0 Å². The predicted molar refractivity (Wildman–Crippen MR) is 94.5 cm³/mol. The van der Waals surface area contributed by atoms with Crippen molar-refractivity contribution in [2.45, 2.75) is 38.8 Å². The van der Waals surface area contributed by atoms with Crippen molar-refractivity contribution in [1.29, 1.82) is 0 Å². The van der Waals surface area contributed by atoms with E-state index in [9.17, 15) is 23.6 Å². The standard InChI is InChI=1S/C17H19ClFN3O5/c1-9(14(24)20-12-5-4-10(19)8-11(12)18)27-13(23)6-7-22-15(25)17(2,3)21-16(22)26/h4-5,8-9H,6-7H2,1-3H3,(H,20,24)(H,21,26)/t9-/m1/s1. The molecule has 1 fully saturated rings.